The van der Waals surface area contributed by atoms with Gasteiger partial charge < -0.3 is 42.0 Å². The predicted octanol–water partition coefficient (Wildman–Crippen LogP) is 2.90. The molecular formula is C35H51N5O7. The maximum Gasteiger partial charge on any atom is 0.255 e. The van der Waals surface area contributed by atoms with Crippen molar-refractivity contribution in [2.45, 2.75) is 96.3 Å². The number of amides is 4. The summed E-state index contributed by atoms with van der Waals surface area (Å²) in [7, 11) is 1.61. The van der Waals surface area contributed by atoms with Crippen LogP contribution in [0.2, 0.25) is 0 Å². The molecule has 1 fully saturated rings. The lowest BCUT2D eigenvalue weighted by Gasteiger charge is -2.33. The van der Waals surface area contributed by atoms with E-state index in [1.165, 1.54) is 12.1 Å². The van der Waals surface area contributed by atoms with Crippen molar-refractivity contribution in [3.05, 3.63) is 53.6 Å². The molecule has 1 aliphatic rings. The average Bonchev–Trinajstić information content (AvgIpc) is 3.03. The van der Waals surface area contributed by atoms with Crippen LogP contribution >= 0.6 is 0 Å². The summed E-state index contributed by atoms with van der Waals surface area (Å²) < 4.78 is 5.25. The van der Waals surface area contributed by atoms with E-state index in [9.17, 15) is 29.4 Å². The predicted molar refractivity (Wildman–Crippen MR) is 179 cm³/mol. The first-order chi connectivity index (χ1) is 22.2. The van der Waals surface area contributed by atoms with Crippen molar-refractivity contribution in [1.29, 1.82) is 0 Å². The highest BCUT2D eigenvalue weighted by Crippen LogP contribution is 2.28. The topological polar surface area (TPSA) is 192 Å². The van der Waals surface area contributed by atoms with E-state index < -0.39 is 41.4 Å². The van der Waals surface area contributed by atoms with Gasteiger partial charge in [0.2, 0.25) is 17.7 Å². The van der Waals surface area contributed by atoms with Gasteiger partial charge in [0.25, 0.3) is 5.91 Å². The number of benzene rings is 2. The highest BCUT2D eigenvalue weighted by atomic mass is 16.5. The maximum absolute atomic E-state index is 13.8. The summed E-state index contributed by atoms with van der Waals surface area (Å²) in [6, 6.07) is 8.14. The SMILES string of the molecule is COc1ccc(CC(C)(C)NC(=O)[C@H](CC2CCCCC2)NC(=O)[C@@H](NC(=O)[C@@H](N)CNC(=O)c2cc(O)ccc2O)C(C)C)cc1. The summed E-state index contributed by atoms with van der Waals surface area (Å²) in [5.74, 6) is -2.04. The minimum Gasteiger partial charge on any atom is -0.508 e. The molecule has 3 atom stereocenters. The van der Waals surface area contributed by atoms with Crippen LogP contribution in [0.25, 0.3) is 0 Å². The lowest BCUT2D eigenvalue weighted by atomic mass is 9.84. The lowest BCUT2D eigenvalue weighted by Crippen LogP contribution is -2.60. The van der Waals surface area contributed by atoms with Crippen LogP contribution in [-0.2, 0) is 20.8 Å². The molecule has 8 N–H and O–H groups in total. The van der Waals surface area contributed by atoms with Gasteiger partial charge in [-0.3, -0.25) is 19.2 Å². The molecule has 12 heteroatoms. The molecule has 1 aliphatic carbocycles. The van der Waals surface area contributed by atoms with Crippen LogP contribution in [0.3, 0.4) is 0 Å². The van der Waals surface area contributed by atoms with Gasteiger partial charge in [0, 0.05) is 12.1 Å². The van der Waals surface area contributed by atoms with Gasteiger partial charge in [-0.25, -0.2) is 0 Å². The zero-order chi connectivity index (χ0) is 34.7. The molecule has 0 heterocycles. The smallest absolute Gasteiger partial charge is 0.255 e. The number of hydrogen-bond acceptors (Lipinski definition) is 8. The Hall–Kier alpha value is -4.32. The molecule has 258 valence electrons. The van der Waals surface area contributed by atoms with Gasteiger partial charge in [-0.15, -0.1) is 0 Å². The molecule has 0 radical (unpaired) electrons. The Balaban J connectivity index is 1.66. The monoisotopic (exact) mass is 653 g/mol. The van der Waals surface area contributed by atoms with Gasteiger partial charge in [-0.2, -0.15) is 0 Å². The van der Waals surface area contributed by atoms with Crippen LogP contribution in [0.1, 0.15) is 82.1 Å². The van der Waals surface area contributed by atoms with Crippen LogP contribution < -0.4 is 31.7 Å². The third kappa shape index (κ3) is 11.5. The van der Waals surface area contributed by atoms with Gasteiger partial charge >= 0.3 is 0 Å². The first kappa shape index (κ1) is 37.1. The van der Waals surface area contributed by atoms with E-state index in [1.807, 2.05) is 38.1 Å². The summed E-state index contributed by atoms with van der Waals surface area (Å²) in [4.78, 5) is 52.9. The second kappa shape index (κ2) is 17.0. The number of rotatable bonds is 15. The molecule has 0 aliphatic heterocycles. The Bertz CT molecular complexity index is 1370. The highest BCUT2D eigenvalue weighted by molar-refractivity contribution is 5.98. The minimum absolute atomic E-state index is 0.175. The number of ether oxygens (including phenoxy) is 1. The van der Waals surface area contributed by atoms with Gasteiger partial charge in [0.05, 0.1) is 12.7 Å². The van der Waals surface area contributed by atoms with Gasteiger partial charge in [0.1, 0.15) is 35.4 Å². The largest absolute Gasteiger partial charge is 0.508 e. The molecule has 0 bridgehead atoms. The van der Waals surface area contributed by atoms with E-state index >= 15 is 0 Å². The highest BCUT2D eigenvalue weighted by Gasteiger charge is 2.34. The molecule has 12 nitrogen and oxygen atoms in total. The number of phenolic OH excluding ortho intramolecular Hbond substituents is 2. The Labute approximate surface area is 277 Å². The van der Waals surface area contributed by atoms with Crippen molar-refractivity contribution in [2.24, 2.45) is 17.6 Å². The number of methoxy groups -OCH3 is 1. The molecule has 0 saturated heterocycles. The first-order valence-corrected chi connectivity index (χ1v) is 16.3. The van der Waals surface area contributed by atoms with E-state index in [-0.39, 0.29) is 35.4 Å². The molecule has 3 rings (SSSR count). The summed E-state index contributed by atoms with van der Waals surface area (Å²) in [5.41, 5.74) is 6.28. The molecule has 0 unspecified atom stereocenters. The molecule has 0 aromatic heterocycles. The molecule has 2 aromatic rings. The second-order valence-electron chi connectivity index (χ2n) is 13.4. The number of nitrogens with two attached hydrogens (primary N) is 1. The number of nitrogens with one attached hydrogen (secondary N) is 4. The summed E-state index contributed by atoms with van der Waals surface area (Å²) >= 11 is 0. The van der Waals surface area contributed by atoms with E-state index in [0.29, 0.717) is 18.8 Å². The third-order valence-electron chi connectivity index (χ3n) is 8.48. The number of hydrogen-bond donors (Lipinski definition) is 7. The lowest BCUT2D eigenvalue weighted by molar-refractivity contribution is -0.134. The van der Waals surface area contributed by atoms with Crippen LogP contribution in [0.5, 0.6) is 17.2 Å². The van der Waals surface area contributed by atoms with Crippen molar-refractivity contribution < 1.29 is 34.1 Å². The van der Waals surface area contributed by atoms with Crippen LogP contribution in [0, 0.1) is 11.8 Å². The van der Waals surface area contributed by atoms with E-state index in [0.717, 1.165) is 49.5 Å². The Morgan fingerprint density at radius 2 is 1.60 bits per heavy atom. The molecule has 1 saturated carbocycles. The molecular weight excluding hydrogens is 602 g/mol. The summed E-state index contributed by atoms with van der Waals surface area (Å²) in [6.07, 6.45) is 6.35. The summed E-state index contributed by atoms with van der Waals surface area (Å²) in [6.45, 7) is 7.14. The van der Waals surface area contributed by atoms with Crippen molar-refractivity contribution in [3.8, 4) is 17.2 Å². The molecule has 2 aromatic carbocycles. The van der Waals surface area contributed by atoms with Crippen molar-refractivity contribution in [2.75, 3.05) is 13.7 Å². The fourth-order valence-electron chi connectivity index (χ4n) is 5.86. The quantitative estimate of drug-likeness (QED) is 0.143. The Morgan fingerprint density at radius 1 is 0.936 bits per heavy atom. The molecule has 47 heavy (non-hydrogen) atoms. The Kier molecular flexibility index (Phi) is 13.4. The number of aromatic hydroxyl groups is 2. The van der Waals surface area contributed by atoms with Crippen molar-refractivity contribution in [1.82, 2.24) is 21.3 Å². The van der Waals surface area contributed by atoms with Gasteiger partial charge in [0.15, 0.2) is 0 Å². The van der Waals surface area contributed by atoms with E-state index in [2.05, 4.69) is 21.3 Å². The first-order valence-electron chi connectivity index (χ1n) is 16.3. The average molecular weight is 654 g/mol. The third-order valence-corrected chi connectivity index (χ3v) is 8.48. The van der Waals surface area contributed by atoms with Crippen LogP contribution in [-0.4, -0.2) is 71.2 Å². The van der Waals surface area contributed by atoms with Crippen LogP contribution in [0.4, 0.5) is 0 Å². The van der Waals surface area contributed by atoms with Crippen molar-refractivity contribution in [3.63, 3.8) is 0 Å². The van der Waals surface area contributed by atoms with Crippen molar-refractivity contribution >= 4 is 23.6 Å². The van der Waals surface area contributed by atoms with Crippen LogP contribution in [0.15, 0.2) is 42.5 Å². The normalized spacial score (nSPS) is 15.6. The summed E-state index contributed by atoms with van der Waals surface area (Å²) in [5, 5.41) is 30.8. The fraction of sp³-hybridized carbons (Fsp3) is 0.543. The molecule has 4 amide bonds. The number of carbonyl (C=O) groups excluding carboxylic acids is 4. The van der Waals surface area contributed by atoms with Gasteiger partial charge in [-0.1, -0.05) is 58.1 Å². The number of carbonyl (C=O) groups is 4. The fourth-order valence-corrected chi connectivity index (χ4v) is 5.86. The second-order valence-corrected chi connectivity index (χ2v) is 13.4. The maximum atomic E-state index is 13.8. The van der Waals surface area contributed by atoms with Gasteiger partial charge in [-0.05, 0) is 74.4 Å². The minimum atomic E-state index is -1.22. The zero-order valence-electron chi connectivity index (χ0n) is 28.1. The standard InChI is InChI=1S/C35H51N5O7/c1-21(2)30(39-32(44)27(36)20-37-31(43)26-18-24(41)13-16-29(26)42)34(46)38-28(17-22-9-7-6-8-10-22)33(45)40-35(3,4)19-23-11-14-25(47-5)15-12-23/h11-16,18,21-22,27-28,30,41-42H,6-10,17,19-20,36H2,1-5H3,(H,37,43)(H,38,46)(H,39,44)(H,40,45)/t27-,28-,30-/m0/s1. The van der Waals surface area contributed by atoms with E-state index in [4.69, 9.17) is 10.5 Å². The van der Waals surface area contributed by atoms with E-state index in [1.54, 1.807) is 21.0 Å². The number of phenols is 2. The Morgan fingerprint density at radius 3 is 2.21 bits per heavy atom. The zero-order valence-corrected chi connectivity index (χ0v) is 28.1. The molecule has 0 spiro atoms.